The van der Waals surface area contributed by atoms with Crippen LogP contribution in [0.25, 0.3) is 33.7 Å². The number of hydrogen-bond donors (Lipinski definition) is 0. The van der Waals surface area contributed by atoms with E-state index >= 15 is 0 Å². The average Bonchev–Trinajstić information content (AvgIpc) is 3.09. The molecule has 2 nitrogen and oxygen atoms in total. The van der Waals surface area contributed by atoms with Crippen molar-refractivity contribution in [3.63, 3.8) is 0 Å². The van der Waals surface area contributed by atoms with Gasteiger partial charge in [0, 0.05) is 22.6 Å². The summed E-state index contributed by atoms with van der Waals surface area (Å²) in [5.41, 5.74) is 12.2. The lowest BCUT2D eigenvalue weighted by molar-refractivity contribution is 0.518. The van der Waals surface area contributed by atoms with E-state index in [-0.39, 0.29) is 33.5 Å². The summed E-state index contributed by atoms with van der Waals surface area (Å²) in [6.45, 7) is 27.6. The summed E-state index contributed by atoms with van der Waals surface area (Å²) >= 11 is 0. The van der Waals surface area contributed by atoms with Gasteiger partial charge in [0.05, 0.1) is 22.8 Å². The number of aliphatic imine (C=N–C) groups is 2. The first-order valence-corrected chi connectivity index (χ1v) is 19.8. The maximum absolute atomic E-state index is 5.81. The smallest absolute Gasteiger partial charge is 0.0748 e. The van der Waals surface area contributed by atoms with Gasteiger partial charge in [-0.2, -0.15) is 0 Å². The summed E-state index contributed by atoms with van der Waals surface area (Å²) < 4.78 is 0. The molecule has 3 aliphatic rings. The van der Waals surface area contributed by atoms with Crippen molar-refractivity contribution in [1.29, 1.82) is 0 Å². The van der Waals surface area contributed by atoms with Gasteiger partial charge in [0.2, 0.25) is 0 Å². The molecule has 0 radical (unpaired) electrons. The van der Waals surface area contributed by atoms with Gasteiger partial charge in [0.15, 0.2) is 0 Å². The molecule has 0 amide bonds. The van der Waals surface area contributed by atoms with Crippen LogP contribution in [0, 0.1) is 10.8 Å². The van der Waals surface area contributed by atoms with E-state index in [4.69, 9.17) is 9.98 Å². The Hall–Kier alpha value is -4.82. The molecule has 0 saturated heterocycles. The molecule has 0 heterocycles. The Labute approximate surface area is 322 Å². The lowest BCUT2D eigenvalue weighted by Crippen LogP contribution is -2.43. The third kappa shape index (κ3) is 6.32. The summed E-state index contributed by atoms with van der Waals surface area (Å²) in [4.78, 5) is 11.6. The first-order valence-electron chi connectivity index (χ1n) is 19.8. The molecule has 0 bridgehead atoms. The Morgan fingerprint density at radius 2 is 0.815 bits per heavy atom. The zero-order valence-corrected chi connectivity index (χ0v) is 34.4. The van der Waals surface area contributed by atoms with Gasteiger partial charge in [0.1, 0.15) is 0 Å². The molecule has 54 heavy (non-hydrogen) atoms. The quantitative estimate of drug-likeness (QED) is 0.174. The number of fused-ring (bicyclic) bond motifs is 2. The minimum Gasteiger partial charge on any atom is -0.250 e. The van der Waals surface area contributed by atoms with E-state index in [0.29, 0.717) is 0 Å². The highest BCUT2D eigenvalue weighted by atomic mass is 14.8. The van der Waals surface area contributed by atoms with Gasteiger partial charge >= 0.3 is 0 Å². The van der Waals surface area contributed by atoms with Gasteiger partial charge in [-0.15, -0.1) is 0 Å². The monoisotopic (exact) mass is 708 g/mol. The summed E-state index contributed by atoms with van der Waals surface area (Å²) in [6.07, 6.45) is 9.85. The lowest BCUT2D eigenvalue weighted by atomic mass is 9.66. The van der Waals surface area contributed by atoms with Crippen molar-refractivity contribution in [3.8, 4) is 0 Å². The highest BCUT2D eigenvalue weighted by molar-refractivity contribution is 6.49. The van der Waals surface area contributed by atoms with Crippen molar-refractivity contribution in [2.75, 3.05) is 0 Å². The zero-order valence-electron chi connectivity index (χ0n) is 34.4. The topological polar surface area (TPSA) is 24.7 Å². The van der Waals surface area contributed by atoms with Gasteiger partial charge in [0.25, 0.3) is 0 Å². The lowest BCUT2D eigenvalue weighted by Gasteiger charge is -2.39. The number of rotatable bonds is 2. The van der Waals surface area contributed by atoms with Crippen molar-refractivity contribution >= 4 is 56.5 Å². The Morgan fingerprint density at radius 3 is 1.17 bits per heavy atom. The van der Waals surface area contributed by atoms with E-state index in [1.807, 2.05) is 0 Å². The first kappa shape index (κ1) is 36.2. The third-order valence-corrected chi connectivity index (χ3v) is 11.8. The van der Waals surface area contributed by atoms with Crippen LogP contribution in [0.4, 0.5) is 11.4 Å². The first-order chi connectivity index (χ1) is 25.3. The Morgan fingerprint density at radius 1 is 0.426 bits per heavy atom. The van der Waals surface area contributed by atoms with E-state index in [9.17, 15) is 0 Å². The van der Waals surface area contributed by atoms with Crippen LogP contribution in [0.15, 0.2) is 118 Å². The van der Waals surface area contributed by atoms with Crippen molar-refractivity contribution in [3.05, 3.63) is 141 Å². The molecule has 0 fully saturated rings. The molecular weight excluding hydrogens is 653 g/mol. The highest BCUT2D eigenvalue weighted by Crippen LogP contribution is 2.45. The van der Waals surface area contributed by atoms with Crippen LogP contribution in [0.1, 0.15) is 117 Å². The van der Waals surface area contributed by atoms with Crippen LogP contribution in [0.2, 0.25) is 0 Å². The van der Waals surface area contributed by atoms with Crippen molar-refractivity contribution in [2.45, 2.75) is 106 Å². The van der Waals surface area contributed by atoms with Crippen molar-refractivity contribution < 1.29 is 0 Å². The molecule has 0 saturated carbocycles. The molecule has 274 valence electrons. The number of allylic oxidation sites excluding steroid dienone is 4. The molecule has 8 rings (SSSR count). The summed E-state index contributed by atoms with van der Waals surface area (Å²) in [6, 6.07) is 31.7. The minimum atomic E-state index is -0.0336. The predicted molar refractivity (Wildman–Crippen MR) is 235 cm³/mol. The normalized spacial score (nSPS) is 20.1. The van der Waals surface area contributed by atoms with Gasteiger partial charge in [-0.25, -0.2) is 9.98 Å². The molecule has 2 atom stereocenters. The molecule has 0 aliphatic heterocycles. The molecule has 0 spiro atoms. The fraction of sp³-hybridized carbons (Fsp3) is 0.346. The van der Waals surface area contributed by atoms with Crippen molar-refractivity contribution in [2.24, 2.45) is 20.8 Å². The van der Waals surface area contributed by atoms with Crippen LogP contribution in [-0.4, -0.2) is 11.4 Å². The molecular formula is C52H56N2. The second kappa shape index (κ2) is 12.4. The van der Waals surface area contributed by atoms with E-state index in [1.165, 1.54) is 65.4 Å². The minimum absolute atomic E-state index is 0.0263. The van der Waals surface area contributed by atoms with Crippen LogP contribution in [-0.2, 0) is 10.8 Å². The van der Waals surface area contributed by atoms with Crippen LogP contribution >= 0.6 is 0 Å². The number of benzene rings is 5. The standard InChI is InChI=1S/C52H56N2/c1-49(2,3)35-21-23-39-31(25-35)15-13-17-43(39)53-47-41-29-37(51(7,8)9)27-33-19-20-34-28-38(52(10,11)12)30-42(46(34)45(33)41)48(47)54-44-18-14-16-32-26-36(50(4,5)6)22-24-40(32)44/h13-30,41-42H,1-12H3. The average molecular weight is 709 g/mol. The fourth-order valence-electron chi connectivity index (χ4n) is 8.43. The van der Waals surface area contributed by atoms with E-state index in [2.05, 4.69) is 192 Å². The van der Waals surface area contributed by atoms with Crippen LogP contribution in [0.3, 0.4) is 0 Å². The summed E-state index contributed by atoms with van der Waals surface area (Å²) in [5, 5.41) is 7.38. The van der Waals surface area contributed by atoms with Crippen molar-refractivity contribution in [1.82, 2.24) is 0 Å². The van der Waals surface area contributed by atoms with Gasteiger partial charge in [-0.1, -0.05) is 180 Å². The van der Waals surface area contributed by atoms with Crippen LogP contribution < -0.4 is 10.4 Å². The van der Waals surface area contributed by atoms with E-state index < -0.39 is 0 Å². The van der Waals surface area contributed by atoms with E-state index in [0.717, 1.165) is 22.8 Å². The SMILES string of the molecule is CC(C)(C)C1=CC2C(=Nc3cccc4cc(C(C)(C)C)ccc34)C(=Nc3cccc4cc(C(C)(C)C)ccc34)C3C=C(C(C)(C)C)C=c4ccc(c2c43)=C1. The Bertz CT molecular complexity index is 2440. The van der Waals surface area contributed by atoms with E-state index in [1.54, 1.807) is 0 Å². The Kier molecular flexibility index (Phi) is 8.27. The molecule has 5 aromatic rings. The molecule has 0 N–H and O–H groups in total. The second-order valence-corrected chi connectivity index (χ2v) is 20.0. The molecule has 5 aromatic carbocycles. The van der Waals surface area contributed by atoms with Crippen LogP contribution in [0.5, 0.6) is 0 Å². The van der Waals surface area contributed by atoms with Gasteiger partial charge in [-0.05, 0) is 88.4 Å². The zero-order chi connectivity index (χ0) is 38.5. The van der Waals surface area contributed by atoms with Gasteiger partial charge < -0.3 is 0 Å². The maximum Gasteiger partial charge on any atom is 0.0748 e. The molecule has 3 aliphatic carbocycles. The fourth-order valence-corrected chi connectivity index (χ4v) is 8.43. The predicted octanol–water partition coefficient (Wildman–Crippen LogP) is 12.8. The molecule has 2 heteroatoms. The highest BCUT2D eigenvalue weighted by Gasteiger charge is 2.41. The largest absolute Gasteiger partial charge is 0.250 e. The summed E-state index contributed by atoms with van der Waals surface area (Å²) in [7, 11) is 0. The number of hydrogen-bond acceptors (Lipinski definition) is 2. The summed E-state index contributed by atoms with van der Waals surface area (Å²) in [5.74, 6) is -0.0672. The maximum atomic E-state index is 5.81. The number of nitrogens with zero attached hydrogens (tertiary/aromatic N) is 2. The molecule has 2 unspecified atom stereocenters. The molecule has 0 aromatic heterocycles. The second-order valence-electron chi connectivity index (χ2n) is 20.0. The van der Waals surface area contributed by atoms with Gasteiger partial charge in [-0.3, -0.25) is 0 Å². The Balaban J connectivity index is 1.47. The third-order valence-electron chi connectivity index (χ3n) is 11.8.